The van der Waals surface area contributed by atoms with Gasteiger partial charge < -0.3 is 10.1 Å². The number of nitrogens with zero attached hydrogens (tertiary/aromatic N) is 2. The van der Waals surface area contributed by atoms with Crippen molar-refractivity contribution in [2.75, 3.05) is 5.32 Å². The molecule has 0 amide bonds. The summed E-state index contributed by atoms with van der Waals surface area (Å²) in [5, 5.41) is 2.84. The number of halogens is 3. The molecule has 0 bridgehead atoms. The maximum absolute atomic E-state index is 12.8. The molecule has 3 aromatic rings. The molecule has 0 saturated heterocycles. The van der Waals surface area contributed by atoms with Crippen molar-refractivity contribution in [3.8, 4) is 11.5 Å². The van der Waals surface area contributed by atoms with Gasteiger partial charge in [0.2, 0.25) is 5.96 Å². The van der Waals surface area contributed by atoms with E-state index < -0.39 is 17.9 Å². The van der Waals surface area contributed by atoms with Crippen LogP contribution >= 0.6 is 0 Å². The van der Waals surface area contributed by atoms with Crippen molar-refractivity contribution in [1.29, 1.82) is 0 Å². The second kappa shape index (κ2) is 7.80. The molecule has 0 radical (unpaired) electrons. The van der Waals surface area contributed by atoms with Crippen molar-refractivity contribution in [3.63, 3.8) is 0 Å². The molecule has 29 heavy (non-hydrogen) atoms. The molecule has 2 heterocycles. The lowest BCUT2D eigenvalue weighted by Crippen LogP contribution is -2.35. The molecule has 0 spiro atoms. The van der Waals surface area contributed by atoms with Gasteiger partial charge in [-0.05, 0) is 48.0 Å². The molecule has 3 N–H and O–H groups in total. The average Bonchev–Trinajstić information content (AvgIpc) is 3.17. The van der Waals surface area contributed by atoms with Gasteiger partial charge in [-0.15, -0.1) is 0 Å². The van der Waals surface area contributed by atoms with E-state index in [1.54, 1.807) is 36.7 Å². The third-order valence-corrected chi connectivity index (χ3v) is 4.10. The summed E-state index contributed by atoms with van der Waals surface area (Å²) in [7, 11) is 0. The number of aliphatic imine (C=N–C) groups is 1. The summed E-state index contributed by atoms with van der Waals surface area (Å²) in [6.45, 7) is 0. The highest BCUT2D eigenvalue weighted by Crippen LogP contribution is 2.31. The van der Waals surface area contributed by atoms with E-state index in [1.807, 2.05) is 12.1 Å². The molecule has 1 aliphatic heterocycles. The van der Waals surface area contributed by atoms with Crippen molar-refractivity contribution >= 4 is 11.6 Å². The van der Waals surface area contributed by atoms with E-state index in [0.29, 0.717) is 17.5 Å². The Labute approximate surface area is 164 Å². The van der Waals surface area contributed by atoms with Crippen LogP contribution in [0, 0.1) is 0 Å². The van der Waals surface area contributed by atoms with Crippen LogP contribution in [-0.4, -0.2) is 10.9 Å². The quantitative estimate of drug-likeness (QED) is 0.604. The summed E-state index contributed by atoms with van der Waals surface area (Å²) in [5.41, 5.74) is 6.22. The van der Waals surface area contributed by atoms with Gasteiger partial charge in [-0.25, -0.2) is 10.4 Å². The molecule has 148 valence electrons. The van der Waals surface area contributed by atoms with Gasteiger partial charge in [-0.3, -0.25) is 10.4 Å². The Bertz CT molecular complexity index is 1010. The molecule has 6 nitrogen and oxygen atoms in total. The van der Waals surface area contributed by atoms with Crippen molar-refractivity contribution in [2.24, 2.45) is 4.99 Å². The predicted molar refractivity (Wildman–Crippen MR) is 102 cm³/mol. The molecule has 0 aliphatic carbocycles. The second-order valence-corrected chi connectivity index (χ2v) is 6.21. The number of alkyl halides is 3. The molecular weight excluding hydrogens is 383 g/mol. The largest absolute Gasteiger partial charge is 0.456 e. The molecule has 0 saturated carbocycles. The zero-order valence-electron chi connectivity index (χ0n) is 14.9. The molecule has 2 aromatic carbocycles. The first-order chi connectivity index (χ1) is 14.0. The van der Waals surface area contributed by atoms with E-state index in [0.717, 1.165) is 17.7 Å². The molecule has 4 rings (SSSR count). The molecule has 9 heteroatoms. The fourth-order valence-corrected chi connectivity index (χ4v) is 2.72. The van der Waals surface area contributed by atoms with Crippen LogP contribution in [0.25, 0.3) is 0 Å². The second-order valence-electron chi connectivity index (χ2n) is 6.21. The van der Waals surface area contributed by atoms with Gasteiger partial charge in [-0.1, -0.05) is 18.2 Å². The first-order valence-electron chi connectivity index (χ1n) is 8.69. The van der Waals surface area contributed by atoms with Gasteiger partial charge in [0.15, 0.2) is 0 Å². The normalized spacial score (nSPS) is 16.1. The minimum atomic E-state index is -4.40. The highest BCUT2D eigenvalue weighted by molar-refractivity contribution is 5.94. The number of hydrogen-bond donors (Lipinski definition) is 3. The van der Waals surface area contributed by atoms with Crippen LogP contribution in [0.15, 0.2) is 78.0 Å². The Balaban J connectivity index is 1.42. The van der Waals surface area contributed by atoms with E-state index in [1.165, 1.54) is 12.1 Å². The smallest absolute Gasteiger partial charge is 0.416 e. The van der Waals surface area contributed by atoms with Crippen molar-refractivity contribution in [1.82, 2.24) is 15.8 Å². The van der Waals surface area contributed by atoms with Crippen LogP contribution in [-0.2, 0) is 6.18 Å². The number of anilines is 1. The Morgan fingerprint density at radius 3 is 2.52 bits per heavy atom. The summed E-state index contributed by atoms with van der Waals surface area (Å²) in [6.07, 6.45) is -1.51. The maximum Gasteiger partial charge on any atom is 0.416 e. The minimum absolute atomic E-state index is 0.286. The average molecular weight is 399 g/mol. The number of nitrogens with one attached hydrogen (secondary N) is 3. The Morgan fingerprint density at radius 2 is 1.79 bits per heavy atom. The van der Waals surface area contributed by atoms with Gasteiger partial charge in [-0.2, -0.15) is 13.2 Å². The molecule has 1 atom stereocenters. The number of benzene rings is 2. The van der Waals surface area contributed by atoms with E-state index >= 15 is 0 Å². The molecule has 1 aromatic heterocycles. The number of hydrogen-bond acceptors (Lipinski definition) is 6. The first-order valence-corrected chi connectivity index (χ1v) is 8.69. The van der Waals surface area contributed by atoms with Gasteiger partial charge in [0, 0.05) is 11.9 Å². The van der Waals surface area contributed by atoms with Crippen LogP contribution in [0.4, 0.5) is 18.9 Å². The van der Waals surface area contributed by atoms with Crippen LogP contribution in [0.5, 0.6) is 11.5 Å². The number of hydrazine groups is 1. The number of pyridine rings is 1. The highest BCUT2D eigenvalue weighted by atomic mass is 19.4. The summed E-state index contributed by atoms with van der Waals surface area (Å²) >= 11 is 0. The SMILES string of the molecule is FC(F)(F)c1cccc(NC2=NC(c3ccc(Oc4cccnc4)cc3)NN2)c1. The zero-order chi connectivity index (χ0) is 20.3. The van der Waals surface area contributed by atoms with Gasteiger partial charge >= 0.3 is 6.18 Å². The van der Waals surface area contributed by atoms with Gasteiger partial charge in [0.25, 0.3) is 0 Å². The predicted octanol–water partition coefficient (Wildman–Crippen LogP) is 4.47. The van der Waals surface area contributed by atoms with Gasteiger partial charge in [0.1, 0.15) is 17.7 Å². The van der Waals surface area contributed by atoms with Crippen molar-refractivity contribution in [3.05, 3.63) is 84.2 Å². The molecule has 1 aliphatic rings. The third-order valence-electron chi connectivity index (χ3n) is 4.10. The Hall–Kier alpha value is -3.59. The van der Waals surface area contributed by atoms with E-state index in [4.69, 9.17) is 4.74 Å². The van der Waals surface area contributed by atoms with Crippen LogP contribution < -0.4 is 20.9 Å². The Kier molecular flexibility index (Phi) is 5.05. The monoisotopic (exact) mass is 399 g/mol. The molecular formula is C20H16F3N5O. The fraction of sp³-hybridized carbons (Fsp3) is 0.100. The summed E-state index contributed by atoms with van der Waals surface area (Å²) in [5.74, 6) is 1.61. The zero-order valence-corrected chi connectivity index (χ0v) is 14.9. The molecule has 0 fully saturated rings. The number of guanidine groups is 1. The summed E-state index contributed by atoms with van der Waals surface area (Å²) in [6, 6.07) is 15.8. The van der Waals surface area contributed by atoms with Gasteiger partial charge in [0.05, 0.1) is 11.8 Å². The highest BCUT2D eigenvalue weighted by Gasteiger charge is 2.30. The van der Waals surface area contributed by atoms with E-state index in [-0.39, 0.29) is 5.69 Å². The first kappa shape index (κ1) is 18.8. The summed E-state index contributed by atoms with van der Waals surface area (Å²) in [4.78, 5) is 8.40. The van der Waals surface area contributed by atoms with Crippen LogP contribution in [0.1, 0.15) is 17.3 Å². The minimum Gasteiger partial charge on any atom is -0.456 e. The lowest BCUT2D eigenvalue weighted by atomic mass is 10.2. The number of rotatable bonds is 4. The summed E-state index contributed by atoms with van der Waals surface area (Å²) < 4.78 is 44.2. The lowest BCUT2D eigenvalue weighted by Gasteiger charge is -2.10. The van der Waals surface area contributed by atoms with Crippen molar-refractivity contribution in [2.45, 2.75) is 12.3 Å². The van der Waals surface area contributed by atoms with Crippen molar-refractivity contribution < 1.29 is 17.9 Å². The molecule has 1 unspecified atom stereocenters. The Morgan fingerprint density at radius 1 is 0.966 bits per heavy atom. The standard InChI is InChI=1S/C20H16F3N5O/c21-20(22,23)14-3-1-4-15(11-14)25-19-26-18(27-28-19)13-6-8-16(9-7-13)29-17-5-2-10-24-12-17/h1-12,18,27H,(H2,25,26,28). The number of ether oxygens (including phenoxy) is 1. The van der Waals surface area contributed by atoms with Crippen LogP contribution in [0.3, 0.4) is 0 Å². The maximum atomic E-state index is 12.8. The van der Waals surface area contributed by atoms with E-state index in [9.17, 15) is 13.2 Å². The van der Waals surface area contributed by atoms with E-state index in [2.05, 4.69) is 26.1 Å². The van der Waals surface area contributed by atoms with Crippen LogP contribution in [0.2, 0.25) is 0 Å². The number of aromatic nitrogens is 1. The fourth-order valence-electron chi connectivity index (χ4n) is 2.72. The topological polar surface area (TPSA) is 70.6 Å². The third kappa shape index (κ3) is 4.64. The lowest BCUT2D eigenvalue weighted by molar-refractivity contribution is -0.137.